The van der Waals surface area contributed by atoms with Gasteiger partial charge in [0.15, 0.2) is 9.84 Å². The lowest BCUT2D eigenvalue weighted by Crippen LogP contribution is -2.28. The van der Waals surface area contributed by atoms with Crippen molar-refractivity contribution < 1.29 is 13.2 Å². The summed E-state index contributed by atoms with van der Waals surface area (Å²) < 4.78 is 31.4. The van der Waals surface area contributed by atoms with Crippen molar-refractivity contribution in [2.24, 2.45) is 0 Å². The molecule has 2 N–H and O–H groups in total. The highest BCUT2D eigenvalue weighted by atomic mass is 32.2. The molecule has 0 unspecified atom stereocenters. The van der Waals surface area contributed by atoms with E-state index < -0.39 is 9.84 Å². The van der Waals surface area contributed by atoms with E-state index in [4.69, 9.17) is 10.5 Å². The van der Waals surface area contributed by atoms with Gasteiger partial charge >= 0.3 is 0 Å². The third-order valence-electron chi connectivity index (χ3n) is 3.15. The van der Waals surface area contributed by atoms with Crippen LogP contribution in [-0.4, -0.2) is 36.4 Å². The Hall–Kier alpha value is -1.28. The number of nitrogen functional groups attached to an aromatic ring is 1. The monoisotopic (exact) mass is 305 g/mol. The van der Waals surface area contributed by atoms with Gasteiger partial charge in [0.05, 0.1) is 24.6 Å². The summed E-state index contributed by atoms with van der Waals surface area (Å²) in [6, 6.07) is 0. The van der Waals surface area contributed by atoms with Gasteiger partial charge in [0.1, 0.15) is 5.69 Å². The van der Waals surface area contributed by atoms with Crippen molar-refractivity contribution in [3.63, 3.8) is 0 Å². The fraction of sp³-hybridized carbons (Fsp3) is 0.750. The second-order valence-corrected chi connectivity index (χ2v) is 7.05. The topological polar surface area (TPSA) is 96.3 Å². The predicted molar refractivity (Wildman–Crippen MR) is 78.4 cm³/mol. The minimum atomic E-state index is -3.13. The fourth-order valence-corrected chi connectivity index (χ4v) is 2.75. The SMILES string of the molecule is CCCn1c(COC)c(N)c(=O)n1CCS(=O)(=O)CC. The summed E-state index contributed by atoms with van der Waals surface area (Å²) in [6.45, 7) is 4.51. The lowest BCUT2D eigenvalue weighted by Gasteiger charge is -2.13. The molecule has 0 saturated carbocycles. The third kappa shape index (κ3) is 3.63. The summed E-state index contributed by atoms with van der Waals surface area (Å²) in [7, 11) is -1.60. The number of hydrogen-bond acceptors (Lipinski definition) is 5. The molecule has 116 valence electrons. The van der Waals surface area contributed by atoms with Crippen LogP contribution in [0, 0.1) is 0 Å². The van der Waals surface area contributed by atoms with Crippen molar-refractivity contribution in [3.8, 4) is 0 Å². The van der Waals surface area contributed by atoms with Crippen molar-refractivity contribution in [2.45, 2.75) is 40.0 Å². The quantitative estimate of drug-likeness (QED) is 0.741. The molecule has 1 rings (SSSR count). The summed E-state index contributed by atoms with van der Waals surface area (Å²) >= 11 is 0. The summed E-state index contributed by atoms with van der Waals surface area (Å²) in [4.78, 5) is 12.1. The van der Waals surface area contributed by atoms with Crippen LogP contribution in [0.1, 0.15) is 26.0 Å². The predicted octanol–water partition coefficient (Wildman–Crippen LogP) is 0.223. The van der Waals surface area contributed by atoms with Gasteiger partial charge in [0.25, 0.3) is 5.56 Å². The Labute approximate surface area is 119 Å². The van der Waals surface area contributed by atoms with E-state index in [1.165, 1.54) is 11.8 Å². The van der Waals surface area contributed by atoms with Gasteiger partial charge < -0.3 is 10.5 Å². The van der Waals surface area contributed by atoms with Gasteiger partial charge in [0, 0.05) is 19.4 Å². The van der Waals surface area contributed by atoms with E-state index in [-0.39, 0.29) is 35.9 Å². The van der Waals surface area contributed by atoms with E-state index in [0.717, 1.165) is 6.42 Å². The highest BCUT2D eigenvalue weighted by molar-refractivity contribution is 7.91. The number of nitrogens with two attached hydrogens (primary N) is 1. The van der Waals surface area contributed by atoms with Crippen LogP contribution in [0.3, 0.4) is 0 Å². The van der Waals surface area contributed by atoms with E-state index in [2.05, 4.69) is 0 Å². The standard InChI is InChI=1S/C12H23N3O4S/c1-4-6-14-10(9-19-3)11(13)12(16)15(14)7-8-20(17,18)5-2/h4-9,13H2,1-3H3. The second-order valence-electron chi connectivity index (χ2n) is 4.58. The van der Waals surface area contributed by atoms with Crippen LogP contribution in [0.25, 0.3) is 0 Å². The molecule has 0 aliphatic rings. The molecule has 0 amide bonds. The van der Waals surface area contributed by atoms with Gasteiger partial charge in [-0.25, -0.2) is 13.1 Å². The highest BCUT2D eigenvalue weighted by Crippen LogP contribution is 2.11. The Morgan fingerprint density at radius 3 is 2.35 bits per heavy atom. The van der Waals surface area contributed by atoms with Gasteiger partial charge in [0.2, 0.25) is 0 Å². The molecule has 0 radical (unpaired) electrons. The molecule has 7 nitrogen and oxygen atoms in total. The first-order valence-electron chi connectivity index (χ1n) is 6.65. The largest absolute Gasteiger partial charge is 0.393 e. The van der Waals surface area contributed by atoms with Crippen molar-refractivity contribution in [1.29, 1.82) is 0 Å². The zero-order valence-corrected chi connectivity index (χ0v) is 13.1. The molecule has 1 aromatic heterocycles. The van der Waals surface area contributed by atoms with Crippen molar-refractivity contribution in [1.82, 2.24) is 9.36 Å². The Morgan fingerprint density at radius 1 is 1.20 bits per heavy atom. The molecular weight excluding hydrogens is 282 g/mol. The maximum absolute atomic E-state index is 12.1. The number of hydrogen-bond donors (Lipinski definition) is 1. The number of methoxy groups -OCH3 is 1. The molecule has 0 bridgehead atoms. The first-order valence-corrected chi connectivity index (χ1v) is 8.47. The smallest absolute Gasteiger partial charge is 0.290 e. The Morgan fingerprint density at radius 2 is 1.85 bits per heavy atom. The molecular formula is C12H23N3O4S. The number of ether oxygens (including phenoxy) is 1. The molecule has 0 saturated heterocycles. The van der Waals surface area contributed by atoms with Crippen LogP contribution in [0.2, 0.25) is 0 Å². The van der Waals surface area contributed by atoms with Crippen molar-refractivity contribution in [2.75, 3.05) is 24.3 Å². The zero-order chi connectivity index (χ0) is 15.3. The van der Waals surface area contributed by atoms with Gasteiger partial charge in [-0.05, 0) is 6.42 Å². The summed E-state index contributed by atoms with van der Waals surface area (Å²) in [5, 5.41) is 0. The molecule has 1 aromatic rings. The molecule has 0 fully saturated rings. The molecule has 0 aliphatic carbocycles. The fourth-order valence-electron chi connectivity index (χ4n) is 2.01. The van der Waals surface area contributed by atoms with E-state index >= 15 is 0 Å². The number of sulfone groups is 1. The van der Waals surface area contributed by atoms with Gasteiger partial charge in [-0.15, -0.1) is 0 Å². The van der Waals surface area contributed by atoms with Crippen LogP contribution in [0.4, 0.5) is 5.69 Å². The van der Waals surface area contributed by atoms with Crippen LogP contribution >= 0.6 is 0 Å². The Balaban J connectivity index is 3.17. The number of nitrogens with zero attached hydrogens (tertiary/aromatic N) is 2. The van der Waals surface area contributed by atoms with Crippen LogP contribution in [0.5, 0.6) is 0 Å². The maximum atomic E-state index is 12.1. The average Bonchev–Trinajstić information content (AvgIpc) is 2.63. The van der Waals surface area contributed by atoms with E-state index in [9.17, 15) is 13.2 Å². The Kier molecular flexibility index (Phi) is 5.82. The van der Waals surface area contributed by atoms with Crippen molar-refractivity contribution in [3.05, 3.63) is 16.0 Å². The third-order valence-corrected chi connectivity index (χ3v) is 4.83. The number of aromatic nitrogens is 2. The lowest BCUT2D eigenvalue weighted by molar-refractivity contribution is 0.174. The number of rotatable bonds is 8. The summed E-state index contributed by atoms with van der Waals surface area (Å²) in [5.74, 6) is -0.000354. The number of anilines is 1. The van der Waals surface area contributed by atoms with Gasteiger partial charge in [-0.3, -0.25) is 9.48 Å². The van der Waals surface area contributed by atoms with Gasteiger partial charge in [-0.1, -0.05) is 13.8 Å². The summed E-state index contributed by atoms with van der Waals surface area (Å²) in [5.41, 5.74) is 6.20. The highest BCUT2D eigenvalue weighted by Gasteiger charge is 2.18. The molecule has 0 spiro atoms. The van der Waals surface area contributed by atoms with Gasteiger partial charge in [-0.2, -0.15) is 0 Å². The molecule has 0 aliphatic heterocycles. The van der Waals surface area contributed by atoms with E-state index in [0.29, 0.717) is 12.2 Å². The molecule has 20 heavy (non-hydrogen) atoms. The van der Waals surface area contributed by atoms with E-state index in [1.54, 1.807) is 11.6 Å². The molecule has 0 atom stereocenters. The first-order chi connectivity index (χ1) is 9.37. The minimum absolute atomic E-state index is 0.0661. The maximum Gasteiger partial charge on any atom is 0.290 e. The first kappa shape index (κ1) is 16.8. The van der Waals surface area contributed by atoms with Crippen molar-refractivity contribution >= 4 is 15.5 Å². The normalized spacial score (nSPS) is 11.9. The lowest BCUT2D eigenvalue weighted by atomic mass is 10.3. The average molecular weight is 305 g/mol. The molecule has 0 aromatic carbocycles. The van der Waals surface area contributed by atoms with Crippen LogP contribution in [0.15, 0.2) is 4.79 Å². The van der Waals surface area contributed by atoms with E-state index in [1.807, 2.05) is 6.92 Å². The summed E-state index contributed by atoms with van der Waals surface area (Å²) in [6.07, 6.45) is 0.810. The minimum Gasteiger partial charge on any atom is -0.393 e. The van der Waals surface area contributed by atoms with Crippen LogP contribution < -0.4 is 11.3 Å². The zero-order valence-electron chi connectivity index (χ0n) is 12.3. The second kappa shape index (κ2) is 6.94. The molecule has 8 heteroatoms. The Bertz CT molecular complexity index is 601. The van der Waals surface area contributed by atoms with Crippen LogP contribution in [-0.2, 0) is 34.3 Å². The molecule has 1 heterocycles.